The van der Waals surface area contributed by atoms with Gasteiger partial charge in [0.2, 0.25) is 0 Å². The van der Waals surface area contributed by atoms with Gasteiger partial charge in [-0.15, -0.1) is 0 Å². The van der Waals surface area contributed by atoms with E-state index in [0.29, 0.717) is 13.2 Å². The Kier molecular flexibility index (Phi) is 8.20. The third kappa shape index (κ3) is 6.64. The van der Waals surface area contributed by atoms with Gasteiger partial charge in [-0.25, -0.2) is 0 Å². The van der Waals surface area contributed by atoms with Crippen molar-refractivity contribution in [3.63, 3.8) is 0 Å². The van der Waals surface area contributed by atoms with Gasteiger partial charge < -0.3 is 19.7 Å². The molecule has 2 heterocycles. The van der Waals surface area contributed by atoms with E-state index in [1.165, 1.54) is 5.56 Å². The first kappa shape index (κ1) is 20.4. The van der Waals surface area contributed by atoms with Crippen molar-refractivity contribution in [2.45, 2.75) is 25.5 Å². The van der Waals surface area contributed by atoms with Crippen LogP contribution in [-0.4, -0.2) is 81.5 Å². The van der Waals surface area contributed by atoms with E-state index in [0.717, 1.165) is 69.7 Å². The van der Waals surface area contributed by atoms with Crippen LogP contribution >= 0.6 is 11.6 Å². The Bertz CT molecular complexity index is 599. The summed E-state index contributed by atoms with van der Waals surface area (Å²) in [6.07, 6.45) is 2.56. The van der Waals surface area contributed by atoms with Gasteiger partial charge in [-0.1, -0.05) is 23.7 Å². The maximum Gasteiger partial charge on any atom is 0.193 e. The SMILES string of the molecule is CN=C(NCCOCC1CCCO1)N1CCN(Cc2cccc(Cl)c2)CC1. The molecule has 3 rings (SSSR count). The largest absolute Gasteiger partial charge is 0.377 e. The summed E-state index contributed by atoms with van der Waals surface area (Å²) in [6.45, 7) is 7.93. The molecule has 27 heavy (non-hydrogen) atoms. The summed E-state index contributed by atoms with van der Waals surface area (Å²) in [5.74, 6) is 0.957. The number of aliphatic imine (C=N–C) groups is 1. The average molecular weight is 395 g/mol. The molecule has 0 amide bonds. The Morgan fingerprint density at radius 1 is 1.33 bits per heavy atom. The molecule has 2 aliphatic rings. The van der Waals surface area contributed by atoms with Crippen LogP contribution in [0.4, 0.5) is 0 Å². The molecule has 2 saturated heterocycles. The lowest BCUT2D eigenvalue weighted by atomic mass is 10.2. The van der Waals surface area contributed by atoms with Crippen LogP contribution in [0.15, 0.2) is 29.3 Å². The first-order valence-electron chi connectivity index (χ1n) is 9.86. The summed E-state index contributed by atoms with van der Waals surface area (Å²) in [4.78, 5) is 9.20. The molecule has 1 N–H and O–H groups in total. The third-order valence-electron chi connectivity index (χ3n) is 5.04. The number of halogens is 1. The van der Waals surface area contributed by atoms with Crippen LogP contribution in [0, 0.1) is 0 Å². The number of hydrogen-bond acceptors (Lipinski definition) is 4. The van der Waals surface area contributed by atoms with Crippen molar-refractivity contribution >= 4 is 17.6 Å². The summed E-state index contributed by atoms with van der Waals surface area (Å²) in [6, 6.07) is 8.12. The van der Waals surface area contributed by atoms with Crippen LogP contribution in [0.2, 0.25) is 5.02 Å². The minimum atomic E-state index is 0.289. The maximum atomic E-state index is 6.09. The van der Waals surface area contributed by atoms with E-state index in [-0.39, 0.29) is 6.10 Å². The fourth-order valence-electron chi connectivity index (χ4n) is 3.57. The Labute approximate surface area is 167 Å². The summed E-state index contributed by atoms with van der Waals surface area (Å²) in [5, 5.41) is 4.21. The first-order valence-corrected chi connectivity index (χ1v) is 10.2. The third-order valence-corrected chi connectivity index (χ3v) is 5.27. The molecule has 1 unspecified atom stereocenters. The number of nitrogens with one attached hydrogen (secondary N) is 1. The molecule has 6 nitrogen and oxygen atoms in total. The lowest BCUT2D eigenvalue weighted by Crippen LogP contribution is -2.52. The van der Waals surface area contributed by atoms with E-state index in [9.17, 15) is 0 Å². The molecule has 0 radical (unpaired) electrons. The van der Waals surface area contributed by atoms with Gasteiger partial charge in [0.25, 0.3) is 0 Å². The highest BCUT2D eigenvalue weighted by molar-refractivity contribution is 6.30. The van der Waals surface area contributed by atoms with Crippen molar-refractivity contribution in [3.05, 3.63) is 34.9 Å². The van der Waals surface area contributed by atoms with Crippen LogP contribution in [0.5, 0.6) is 0 Å². The van der Waals surface area contributed by atoms with E-state index in [4.69, 9.17) is 21.1 Å². The molecule has 7 heteroatoms. The van der Waals surface area contributed by atoms with Crippen LogP contribution in [-0.2, 0) is 16.0 Å². The first-order chi connectivity index (χ1) is 13.2. The van der Waals surface area contributed by atoms with E-state index >= 15 is 0 Å². The molecule has 150 valence electrons. The molecule has 0 saturated carbocycles. The zero-order valence-electron chi connectivity index (χ0n) is 16.2. The van der Waals surface area contributed by atoms with Crippen molar-refractivity contribution in [3.8, 4) is 0 Å². The molecular weight excluding hydrogens is 364 g/mol. The molecule has 2 fully saturated rings. The van der Waals surface area contributed by atoms with E-state index < -0.39 is 0 Å². The zero-order chi connectivity index (χ0) is 18.9. The lowest BCUT2D eigenvalue weighted by molar-refractivity contribution is 0.0189. The Morgan fingerprint density at radius 2 is 2.19 bits per heavy atom. The second-order valence-electron chi connectivity index (χ2n) is 7.08. The normalized spacial score (nSPS) is 21.6. The highest BCUT2D eigenvalue weighted by Crippen LogP contribution is 2.14. The van der Waals surface area contributed by atoms with Crippen molar-refractivity contribution in [2.75, 3.05) is 59.6 Å². The van der Waals surface area contributed by atoms with Crippen molar-refractivity contribution in [2.24, 2.45) is 4.99 Å². The Balaban J connectivity index is 1.33. The van der Waals surface area contributed by atoms with E-state index in [1.807, 2.05) is 25.2 Å². The summed E-state index contributed by atoms with van der Waals surface area (Å²) >= 11 is 6.09. The van der Waals surface area contributed by atoms with Crippen molar-refractivity contribution < 1.29 is 9.47 Å². The molecule has 1 aromatic rings. The van der Waals surface area contributed by atoms with Crippen LogP contribution < -0.4 is 5.32 Å². The highest BCUT2D eigenvalue weighted by Gasteiger charge is 2.20. The molecule has 0 bridgehead atoms. The van der Waals surface area contributed by atoms with Gasteiger partial charge in [0.15, 0.2) is 5.96 Å². The van der Waals surface area contributed by atoms with Gasteiger partial charge in [0.1, 0.15) is 0 Å². The van der Waals surface area contributed by atoms with Gasteiger partial charge in [-0.2, -0.15) is 0 Å². The summed E-state index contributed by atoms with van der Waals surface area (Å²) < 4.78 is 11.3. The van der Waals surface area contributed by atoms with Gasteiger partial charge >= 0.3 is 0 Å². The van der Waals surface area contributed by atoms with Gasteiger partial charge in [0, 0.05) is 57.9 Å². The second-order valence-corrected chi connectivity index (χ2v) is 7.51. The molecule has 0 aliphatic carbocycles. The van der Waals surface area contributed by atoms with Crippen molar-refractivity contribution in [1.29, 1.82) is 0 Å². The number of guanidine groups is 1. The van der Waals surface area contributed by atoms with Crippen molar-refractivity contribution in [1.82, 2.24) is 15.1 Å². The quantitative estimate of drug-likeness (QED) is 0.436. The molecule has 1 aromatic carbocycles. The topological polar surface area (TPSA) is 49.3 Å². The maximum absolute atomic E-state index is 6.09. The smallest absolute Gasteiger partial charge is 0.193 e. The molecule has 1 atom stereocenters. The summed E-state index contributed by atoms with van der Waals surface area (Å²) in [7, 11) is 1.84. The average Bonchev–Trinajstić information content (AvgIpc) is 3.19. The minimum Gasteiger partial charge on any atom is -0.377 e. The zero-order valence-corrected chi connectivity index (χ0v) is 17.0. The standard InChI is InChI=1S/C20H31ClN4O2/c1-22-20(23-7-13-26-16-19-6-3-12-27-19)25-10-8-24(9-11-25)15-17-4-2-5-18(21)14-17/h2,4-5,14,19H,3,6-13,15-16H2,1H3,(H,22,23). The highest BCUT2D eigenvalue weighted by atomic mass is 35.5. The van der Waals surface area contributed by atoms with E-state index in [2.05, 4.69) is 26.2 Å². The number of piperazine rings is 1. The number of ether oxygens (including phenoxy) is 2. The molecule has 2 aliphatic heterocycles. The Hall–Kier alpha value is -1.34. The lowest BCUT2D eigenvalue weighted by Gasteiger charge is -2.36. The van der Waals surface area contributed by atoms with Crippen LogP contribution in [0.25, 0.3) is 0 Å². The minimum absolute atomic E-state index is 0.289. The molecule has 0 aromatic heterocycles. The fourth-order valence-corrected chi connectivity index (χ4v) is 3.78. The predicted molar refractivity (Wildman–Crippen MR) is 109 cm³/mol. The van der Waals surface area contributed by atoms with Gasteiger partial charge in [0.05, 0.1) is 19.3 Å². The predicted octanol–water partition coefficient (Wildman–Crippen LogP) is 2.23. The van der Waals surface area contributed by atoms with E-state index in [1.54, 1.807) is 0 Å². The number of rotatable bonds is 7. The van der Waals surface area contributed by atoms with Gasteiger partial charge in [-0.05, 0) is 30.5 Å². The Morgan fingerprint density at radius 3 is 2.89 bits per heavy atom. The van der Waals surface area contributed by atoms with Crippen LogP contribution in [0.3, 0.4) is 0 Å². The number of hydrogen-bond donors (Lipinski definition) is 1. The monoisotopic (exact) mass is 394 g/mol. The molecule has 0 spiro atoms. The number of nitrogens with zero attached hydrogens (tertiary/aromatic N) is 3. The number of benzene rings is 1. The molecular formula is C20H31ClN4O2. The second kappa shape index (κ2) is 10.9. The fraction of sp³-hybridized carbons (Fsp3) is 0.650. The summed E-state index contributed by atoms with van der Waals surface area (Å²) in [5.41, 5.74) is 1.27. The van der Waals surface area contributed by atoms with Gasteiger partial charge in [-0.3, -0.25) is 9.89 Å². The van der Waals surface area contributed by atoms with Crippen LogP contribution in [0.1, 0.15) is 18.4 Å².